The Kier molecular flexibility index (Phi) is 6.88. The molecule has 2 nitrogen and oxygen atoms in total. The summed E-state index contributed by atoms with van der Waals surface area (Å²) in [6, 6.07) is 8.95. The average molecular weight is 475 g/mol. The number of thioether (sulfide) groups is 2. The van der Waals surface area contributed by atoms with E-state index in [9.17, 15) is 0 Å². The summed E-state index contributed by atoms with van der Waals surface area (Å²) < 4.78 is 0. The maximum absolute atomic E-state index is 5.31. The van der Waals surface area contributed by atoms with Crippen molar-refractivity contribution in [3.8, 4) is 10.6 Å². The van der Waals surface area contributed by atoms with Crippen LogP contribution in [0.2, 0.25) is 0 Å². The fraction of sp³-hybridized carbons (Fsp3) is 0.458. The number of nitrogens with one attached hydrogen (secondary N) is 1. The fourth-order valence-corrected chi connectivity index (χ4v) is 7.42. The van der Waals surface area contributed by atoms with Crippen molar-refractivity contribution in [3.05, 3.63) is 50.0 Å². The Bertz CT molecular complexity index is 1050. The lowest BCUT2D eigenvalue weighted by atomic mass is 10.1. The van der Waals surface area contributed by atoms with Gasteiger partial charge in [-0.3, -0.25) is 4.99 Å². The first-order chi connectivity index (χ1) is 14.3. The van der Waals surface area contributed by atoms with E-state index in [1.54, 1.807) is 0 Å². The Balaban J connectivity index is 1.85. The zero-order chi connectivity index (χ0) is 21.4. The Hall–Kier alpha value is -0.950. The number of aliphatic imine (C=N–C) groups is 1. The molecule has 1 N–H and O–H groups in total. The quantitative estimate of drug-likeness (QED) is 0.332. The maximum atomic E-state index is 5.31. The van der Waals surface area contributed by atoms with Crippen molar-refractivity contribution in [2.45, 2.75) is 51.9 Å². The predicted molar refractivity (Wildman–Crippen MR) is 139 cm³/mol. The van der Waals surface area contributed by atoms with E-state index < -0.39 is 0 Å². The zero-order valence-electron chi connectivity index (χ0n) is 18.5. The molecular weight excluding hydrogens is 445 g/mol. The maximum Gasteiger partial charge on any atom is 0.124 e. The standard InChI is InChI=1S/C24H30N2S4/c1-13(2)11-27-23-19-20(22(25-23)18-10-8-16(6)30-18)24(28-12-14(3)4)26-21(19)17-9-7-15(5)29-17/h7-10,13-14,23,26H,11-12H2,1-6H3. The first-order valence-electron chi connectivity index (χ1n) is 10.6. The van der Waals surface area contributed by atoms with Crippen molar-refractivity contribution in [2.75, 3.05) is 11.5 Å². The second-order valence-corrected chi connectivity index (χ2v) is 13.4. The lowest BCUT2D eigenvalue weighted by Gasteiger charge is -2.11. The summed E-state index contributed by atoms with van der Waals surface area (Å²) >= 11 is 7.67. The van der Waals surface area contributed by atoms with E-state index in [2.05, 4.69) is 70.8 Å². The van der Waals surface area contributed by atoms with E-state index in [-0.39, 0.29) is 5.37 Å². The SMILES string of the molecule is Cc1ccc(C2=NC(SCC(C)C)c3c(-c4ccc(C)s4)[nH]c(SCC(C)C)c32)s1. The molecule has 0 fully saturated rings. The first-order valence-corrected chi connectivity index (χ1v) is 14.2. The summed E-state index contributed by atoms with van der Waals surface area (Å²) in [6.07, 6.45) is 0. The number of hydrogen-bond donors (Lipinski definition) is 1. The van der Waals surface area contributed by atoms with E-state index in [0.29, 0.717) is 11.8 Å². The van der Waals surface area contributed by atoms with Crippen LogP contribution in [-0.2, 0) is 0 Å². The smallest absolute Gasteiger partial charge is 0.124 e. The van der Waals surface area contributed by atoms with E-state index in [1.807, 2.05) is 46.2 Å². The minimum Gasteiger partial charge on any atom is -0.348 e. The van der Waals surface area contributed by atoms with Gasteiger partial charge in [0.1, 0.15) is 5.37 Å². The summed E-state index contributed by atoms with van der Waals surface area (Å²) in [5.41, 5.74) is 5.22. The molecule has 30 heavy (non-hydrogen) atoms. The highest BCUT2D eigenvalue weighted by Crippen LogP contribution is 2.50. The van der Waals surface area contributed by atoms with Crippen molar-refractivity contribution in [1.82, 2.24) is 4.98 Å². The number of aromatic nitrogens is 1. The molecule has 0 saturated carbocycles. The number of H-pyrrole nitrogens is 1. The Morgan fingerprint density at radius 3 is 2.13 bits per heavy atom. The van der Waals surface area contributed by atoms with Crippen LogP contribution in [0.4, 0.5) is 0 Å². The van der Waals surface area contributed by atoms with Gasteiger partial charge in [0.2, 0.25) is 0 Å². The minimum atomic E-state index is 0.168. The molecule has 1 aliphatic heterocycles. The van der Waals surface area contributed by atoms with Crippen molar-refractivity contribution < 1.29 is 0 Å². The van der Waals surface area contributed by atoms with Crippen molar-refractivity contribution in [2.24, 2.45) is 16.8 Å². The van der Waals surface area contributed by atoms with Crippen LogP contribution in [0.5, 0.6) is 0 Å². The monoisotopic (exact) mass is 474 g/mol. The lowest BCUT2D eigenvalue weighted by molar-refractivity contribution is 0.748. The Morgan fingerprint density at radius 1 is 0.933 bits per heavy atom. The van der Waals surface area contributed by atoms with E-state index in [0.717, 1.165) is 11.5 Å². The summed E-state index contributed by atoms with van der Waals surface area (Å²) in [6.45, 7) is 13.5. The van der Waals surface area contributed by atoms with E-state index in [1.165, 1.54) is 47.1 Å². The van der Waals surface area contributed by atoms with Crippen LogP contribution in [0, 0.1) is 25.7 Å². The first kappa shape index (κ1) is 22.3. The number of fused-ring (bicyclic) bond motifs is 1. The highest BCUT2D eigenvalue weighted by atomic mass is 32.2. The molecule has 0 aromatic carbocycles. The highest BCUT2D eigenvalue weighted by Gasteiger charge is 2.35. The molecule has 0 spiro atoms. The zero-order valence-corrected chi connectivity index (χ0v) is 21.8. The number of aryl methyl sites for hydroxylation is 2. The van der Waals surface area contributed by atoms with Crippen LogP contribution in [0.15, 0.2) is 34.3 Å². The van der Waals surface area contributed by atoms with Crippen molar-refractivity contribution >= 4 is 51.9 Å². The minimum absolute atomic E-state index is 0.168. The molecule has 3 aromatic heterocycles. The van der Waals surface area contributed by atoms with Crippen molar-refractivity contribution in [3.63, 3.8) is 0 Å². The molecular formula is C24H30N2S4. The third-order valence-electron chi connectivity index (χ3n) is 4.84. The van der Waals surface area contributed by atoms with Gasteiger partial charge in [0.15, 0.2) is 0 Å². The highest BCUT2D eigenvalue weighted by molar-refractivity contribution is 7.99. The molecule has 3 aromatic rings. The average Bonchev–Trinajstić information content (AvgIpc) is 3.43. The number of thiophene rings is 2. The van der Waals surface area contributed by atoms with Gasteiger partial charge >= 0.3 is 0 Å². The van der Waals surface area contributed by atoms with Gasteiger partial charge < -0.3 is 4.98 Å². The van der Waals surface area contributed by atoms with Gasteiger partial charge in [-0.2, -0.15) is 0 Å². The Labute approximate surface area is 197 Å². The molecule has 1 atom stereocenters. The van der Waals surface area contributed by atoms with Crippen LogP contribution in [0.25, 0.3) is 10.6 Å². The molecule has 160 valence electrons. The molecule has 1 aliphatic rings. The van der Waals surface area contributed by atoms with Gasteiger partial charge in [0.25, 0.3) is 0 Å². The second-order valence-electron chi connectivity index (χ2n) is 8.70. The van der Waals surface area contributed by atoms with Gasteiger partial charge in [0, 0.05) is 26.6 Å². The fourth-order valence-electron chi connectivity index (χ4n) is 3.49. The Morgan fingerprint density at radius 2 is 1.57 bits per heavy atom. The molecule has 0 bridgehead atoms. The second kappa shape index (κ2) is 9.27. The number of nitrogens with zero attached hydrogens (tertiary/aromatic N) is 1. The molecule has 4 heterocycles. The summed E-state index contributed by atoms with van der Waals surface area (Å²) in [7, 11) is 0. The number of hydrogen-bond acceptors (Lipinski definition) is 5. The van der Waals surface area contributed by atoms with Crippen LogP contribution in [0.1, 0.15) is 58.8 Å². The van der Waals surface area contributed by atoms with Gasteiger partial charge in [0.05, 0.1) is 26.2 Å². The van der Waals surface area contributed by atoms with Crippen LogP contribution >= 0.6 is 46.2 Å². The van der Waals surface area contributed by atoms with Crippen LogP contribution in [0.3, 0.4) is 0 Å². The van der Waals surface area contributed by atoms with Crippen molar-refractivity contribution in [1.29, 1.82) is 0 Å². The molecule has 0 amide bonds. The normalized spacial score (nSPS) is 16.0. The van der Waals surface area contributed by atoms with Gasteiger partial charge in [-0.05, 0) is 55.7 Å². The third-order valence-corrected chi connectivity index (χ3v) is 9.81. The molecule has 0 radical (unpaired) electrons. The molecule has 6 heteroatoms. The molecule has 0 saturated heterocycles. The van der Waals surface area contributed by atoms with Crippen LogP contribution < -0.4 is 0 Å². The van der Waals surface area contributed by atoms with Gasteiger partial charge in [-0.15, -0.1) is 46.2 Å². The summed E-state index contributed by atoms with van der Waals surface area (Å²) in [5.74, 6) is 3.53. The summed E-state index contributed by atoms with van der Waals surface area (Å²) in [4.78, 5) is 14.5. The summed E-state index contributed by atoms with van der Waals surface area (Å²) in [5, 5.41) is 1.46. The number of aromatic amines is 1. The molecule has 0 aliphatic carbocycles. The number of rotatable bonds is 8. The lowest BCUT2D eigenvalue weighted by Crippen LogP contribution is -1.99. The van der Waals surface area contributed by atoms with Crippen LogP contribution in [-0.4, -0.2) is 22.2 Å². The molecule has 1 unspecified atom stereocenters. The largest absolute Gasteiger partial charge is 0.348 e. The topological polar surface area (TPSA) is 28.1 Å². The third kappa shape index (κ3) is 4.62. The predicted octanol–water partition coefficient (Wildman–Crippen LogP) is 8.41. The van der Waals surface area contributed by atoms with Gasteiger partial charge in [-0.25, -0.2) is 0 Å². The molecule has 4 rings (SSSR count). The van der Waals surface area contributed by atoms with E-state index >= 15 is 0 Å². The van der Waals surface area contributed by atoms with E-state index in [4.69, 9.17) is 4.99 Å². The van der Waals surface area contributed by atoms with Gasteiger partial charge in [-0.1, -0.05) is 27.7 Å².